The van der Waals surface area contributed by atoms with Gasteiger partial charge in [-0.25, -0.2) is 0 Å². The number of halogens is 1. The van der Waals surface area contributed by atoms with Crippen molar-refractivity contribution < 1.29 is 0 Å². The van der Waals surface area contributed by atoms with Gasteiger partial charge in [0.25, 0.3) is 0 Å². The predicted molar refractivity (Wildman–Crippen MR) is 85.9 cm³/mol. The second-order valence-electron chi connectivity index (χ2n) is 5.51. The zero-order chi connectivity index (χ0) is 14.1. The average Bonchev–Trinajstić information content (AvgIpc) is 2.76. The molecule has 0 bridgehead atoms. The normalized spacial score (nSPS) is 16.6. The van der Waals surface area contributed by atoms with Gasteiger partial charge in [-0.15, -0.1) is 0 Å². The molecule has 0 amide bonds. The lowest BCUT2D eigenvalue weighted by molar-refractivity contribution is 0.449. The molecule has 0 atom stereocenters. The first-order chi connectivity index (χ1) is 9.66. The second kappa shape index (κ2) is 5.70. The Morgan fingerprint density at radius 2 is 1.85 bits per heavy atom. The lowest BCUT2D eigenvalue weighted by Crippen LogP contribution is -2.27. The van der Waals surface area contributed by atoms with Crippen LogP contribution in [0.4, 0.5) is 0 Å². The van der Waals surface area contributed by atoms with Gasteiger partial charge in [0.2, 0.25) is 0 Å². The SMILES string of the molecule is Cc1c(C2CCNCC2)nn(C)c1-c1ccc(Br)cc1. The molecule has 106 valence electrons. The first kappa shape index (κ1) is 13.8. The number of benzene rings is 1. The summed E-state index contributed by atoms with van der Waals surface area (Å²) in [7, 11) is 2.05. The minimum absolute atomic E-state index is 0.603. The summed E-state index contributed by atoms with van der Waals surface area (Å²) < 4.78 is 3.15. The molecule has 1 aliphatic rings. The van der Waals surface area contributed by atoms with Crippen molar-refractivity contribution in [2.45, 2.75) is 25.7 Å². The van der Waals surface area contributed by atoms with Gasteiger partial charge in [0, 0.05) is 23.0 Å². The molecule has 1 aliphatic heterocycles. The third-order valence-electron chi connectivity index (χ3n) is 4.16. The smallest absolute Gasteiger partial charge is 0.0711 e. The highest BCUT2D eigenvalue weighted by molar-refractivity contribution is 9.10. The summed E-state index contributed by atoms with van der Waals surface area (Å²) in [6.07, 6.45) is 2.38. The van der Waals surface area contributed by atoms with E-state index in [4.69, 9.17) is 5.10 Å². The Morgan fingerprint density at radius 3 is 2.50 bits per heavy atom. The third kappa shape index (κ3) is 2.54. The zero-order valence-corrected chi connectivity index (χ0v) is 13.6. The molecular formula is C16H20BrN3. The van der Waals surface area contributed by atoms with E-state index in [0.29, 0.717) is 5.92 Å². The summed E-state index contributed by atoms with van der Waals surface area (Å²) in [5.41, 5.74) is 5.10. The fourth-order valence-corrected chi connectivity index (χ4v) is 3.41. The van der Waals surface area contributed by atoms with E-state index in [1.165, 1.54) is 35.4 Å². The van der Waals surface area contributed by atoms with E-state index in [1.54, 1.807) is 0 Å². The lowest BCUT2D eigenvalue weighted by Gasteiger charge is -2.21. The molecule has 2 aromatic rings. The van der Waals surface area contributed by atoms with Crippen molar-refractivity contribution in [1.82, 2.24) is 15.1 Å². The summed E-state index contributed by atoms with van der Waals surface area (Å²) in [5, 5.41) is 8.23. The van der Waals surface area contributed by atoms with Crippen molar-refractivity contribution in [3.8, 4) is 11.3 Å². The molecule has 0 unspecified atom stereocenters. The first-order valence-corrected chi connectivity index (χ1v) is 7.96. The number of piperidine rings is 1. The van der Waals surface area contributed by atoms with E-state index in [9.17, 15) is 0 Å². The van der Waals surface area contributed by atoms with Gasteiger partial charge in [-0.1, -0.05) is 28.1 Å². The molecule has 0 spiro atoms. The third-order valence-corrected chi connectivity index (χ3v) is 4.69. The maximum absolute atomic E-state index is 4.81. The van der Waals surface area contributed by atoms with Crippen LogP contribution in [-0.4, -0.2) is 22.9 Å². The van der Waals surface area contributed by atoms with Gasteiger partial charge < -0.3 is 5.32 Å². The van der Waals surface area contributed by atoms with E-state index < -0.39 is 0 Å². The summed E-state index contributed by atoms with van der Waals surface area (Å²) in [5.74, 6) is 0.603. The van der Waals surface area contributed by atoms with Gasteiger partial charge in [-0.3, -0.25) is 4.68 Å². The average molecular weight is 334 g/mol. The molecule has 20 heavy (non-hydrogen) atoms. The Bertz CT molecular complexity index is 595. The topological polar surface area (TPSA) is 29.9 Å². The van der Waals surface area contributed by atoms with Crippen LogP contribution in [0.15, 0.2) is 28.7 Å². The van der Waals surface area contributed by atoms with Crippen molar-refractivity contribution >= 4 is 15.9 Å². The molecule has 1 N–H and O–H groups in total. The number of aryl methyl sites for hydroxylation is 1. The summed E-state index contributed by atoms with van der Waals surface area (Å²) in [6.45, 7) is 4.42. The largest absolute Gasteiger partial charge is 0.317 e. The number of nitrogens with zero attached hydrogens (tertiary/aromatic N) is 2. The minimum Gasteiger partial charge on any atom is -0.317 e. The monoisotopic (exact) mass is 333 g/mol. The molecule has 1 saturated heterocycles. The van der Waals surface area contributed by atoms with Crippen LogP contribution < -0.4 is 5.32 Å². The molecule has 1 aromatic carbocycles. The van der Waals surface area contributed by atoms with Crippen LogP contribution in [-0.2, 0) is 7.05 Å². The molecule has 2 heterocycles. The Morgan fingerprint density at radius 1 is 1.20 bits per heavy atom. The van der Waals surface area contributed by atoms with Crippen LogP contribution in [0.25, 0.3) is 11.3 Å². The first-order valence-electron chi connectivity index (χ1n) is 7.17. The Labute approximate surface area is 128 Å². The Kier molecular flexibility index (Phi) is 3.94. The van der Waals surface area contributed by atoms with Gasteiger partial charge in [0.15, 0.2) is 0 Å². The molecule has 3 rings (SSSR count). The van der Waals surface area contributed by atoms with Crippen molar-refractivity contribution in [1.29, 1.82) is 0 Å². The zero-order valence-electron chi connectivity index (χ0n) is 12.0. The number of rotatable bonds is 2. The van der Waals surface area contributed by atoms with Crippen molar-refractivity contribution in [2.24, 2.45) is 7.05 Å². The van der Waals surface area contributed by atoms with E-state index in [2.05, 4.69) is 59.5 Å². The van der Waals surface area contributed by atoms with Crippen molar-refractivity contribution in [3.63, 3.8) is 0 Å². The predicted octanol–water partition coefficient (Wildman–Crippen LogP) is 3.63. The fourth-order valence-electron chi connectivity index (χ4n) is 3.14. The van der Waals surface area contributed by atoms with Crippen LogP contribution in [0.2, 0.25) is 0 Å². The maximum Gasteiger partial charge on any atom is 0.0711 e. The highest BCUT2D eigenvalue weighted by Crippen LogP contribution is 2.33. The number of hydrogen-bond acceptors (Lipinski definition) is 2. The van der Waals surface area contributed by atoms with E-state index in [0.717, 1.165) is 17.6 Å². The second-order valence-corrected chi connectivity index (χ2v) is 6.43. The van der Waals surface area contributed by atoms with Crippen molar-refractivity contribution in [3.05, 3.63) is 40.0 Å². The number of aromatic nitrogens is 2. The van der Waals surface area contributed by atoms with Crippen LogP contribution in [0.1, 0.15) is 30.0 Å². The molecule has 0 radical (unpaired) electrons. The standard InChI is InChI=1S/C16H20BrN3/c1-11-15(12-7-9-18-10-8-12)19-20(2)16(11)13-3-5-14(17)6-4-13/h3-6,12,18H,7-10H2,1-2H3. The number of hydrogen-bond donors (Lipinski definition) is 1. The quantitative estimate of drug-likeness (QED) is 0.909. The summed E-state index contributed by atoms with van der Waals surface area (Å²) in [6, 6.07) is 8.48. The minimum atomic E-state index is 0.603. The summed E-state index contributed by atoms with van der Waals surface area (Å²) >= 11 is 3.49. The highest BCUT2D eigenvalue weighted by atomic mass is 79.9. The Balaban J connectivity index is 1.99. The maximum atomic E-state index is 4.81. The van der Waals surface area contributed by atoms with Gasteiger partial charge in [-0.05, 0) is 50.6 Å². The molecule has 1 fully saturated rings. The molecular weight excluding hydrogens is 314 g/mol. The molecule has 0 saturated carbocycles. The molecule has 4 heteroatoms. The summed E-state index contributed by atoms with van der Waals surface area (Å²) in [4.78, 5) is 0. The van der Waals surface area contributed by atoms with Gasteiger partial charge in [0.05, 0.1) is 11.4 Å². The van der Waals surface area contributed by atoms with E-state index >= 15 is 0 Å². The van der Waals surface area contributed by atoms with Gasteiger partial charge >= 0.3 is 0 Å². The van der Waals surface area contributed by atoms with Crippen molar-refractivity contribution in [2.75, 3.05) is 13.1 Å². The van der Waals surface area contributed by atoms with E-state index in [-0.39, 0.29) is 0 Å². The van der Waals surface area contributed by atoms with E-state index in [1.807, 2.05) is 4.68 Å². The molecule has 1 aromatic heterocycles. The highest BCUT2D eigenvalue weighted by Gasteiger charge is 2.23. The van der Waals surface area contributed by atoms with Gasteiger partial charge in [0.1, 0.15) is 0 Å². The fraction of sp³-hybridized carbons (Fsp3) is 0.438. The molecule has 0 aliphatic carbocycles. The van der Waals surface area contributed by atoms with Crippen LogP contribution in [0.3, 0.4) is 0 Å². The molecule has 3 nitrogen and oxygen atoms in total. The van der Waals surface area contributed by atoms with Crippen LogP contribution in [0, 0.1) is 6.92 Å². The lowest BCUT2D eigenvalue weighted by atomic mass is 9.91. The van der Waals surface area contributed by atoms with Gasteiger partial charge in [-0.2, -0.15) is 5.10 Å². The van der Waals surface area contributed by atoms with Crippen LogP contribution >= 0.6 is 15.9 Å². The Hall–Kier alpha value is -1.13. The number of nitrogens with one attached hydrogen (secondary N) is 1. The van der Waals surface area contributed by atoms with Crippen LogP contribution in [0.5, 0.6) is 0 Å².